The standard InChI is InChI=1S/C59H43N3/c1-58(2)50-30-11-13-32-52(50)59(53-33-14-12-31-51(53)58)48-29-10-9-26-46(48)47-37-42(34-35-49(47)59)45-28-17-23-38-22-16-27-44(54(38)45)41-24-15-25-43(36-41)57-61-55(39-18-5-3-6-19-39)60-56(62-57)40-20-7-4-8-21-40/h3-37,55H,1-2H3,(H,60,61,62). The second kappa shape index (κ2) is 14.0. The Morgan fingerprint density at radius 2 is 0.919 bits per heavy atom. The number of aliphatic imine (C=N–C) groups is 2. The molecule has 62 heavy (non-hydrogen) atoms. The first-order chi connectivity index (χ1) is 30.5. The summed E-state index contributed by atoms with van der Waals surface area (Å²) in [6.45, 7) is 4.76. The quantitative estimate of drug-likeness (QED) is 0.185. The number of hydrogen-bond donors (Lipinski definition) is 1. The number of amidine groups is 2. The zero-order valence-electron chi connectivity index (χ0n) is 34.7. The third-order valence-corrected chi connectivity index (χ3v) is 13.6. The Balaban J connectivity index is 1.02. The van der Waals surface area contributed by atoms with Crippen molar-refractivity contribution >= 4 is 22.4 Å². The lowest BCUT2D eigenvalue weighted by Crippen LogP contribution is -2.40. The van der Waals surface area contributed by atoms with Gasteiger partial charge >= 0.3 is 0 Å². The summed E-state index contributed by atoms with van der Waals surface area (Å²) in [5.74, 6) is 1.52. The minimum Gasteiger partial charge on any atom is -0.344 e. The van der Waals surface area contributed by atoms with E-state index in [1.54, 1.807) is 0 Å². The van der Waals surface area contributed by atoms with E-state index in [1.165, 1.54) is 72.0 Å². The normalized spacial score (nSPS) is 16.3. The molecular weight excluding hydrogens is 751 g/mol. The van der Waals surface area contributed by atoms with Gasteiger partial charge in [-0.1, -0.05) is 214 Å². The van der Waals surface area contributed by atoms with Gasteiger partial charge in [0.15, 0.2) is 5.84 Å². The Hall–Kier alpha value is -7.62. The van der Waals surface area contributed by atoms with E-state index < -0.39 is 5.41 Å². The van der Waals surface area contributed by atoms with Gasteiger partial charge in [0, 0.05) is 16.5 Å². The molecular formula is C59H43N3. The second-order valence-electron chi connectivity index (χ2n) is 17.3. The van der Waals surface area contributed by atoms with Crippen molar-refractivity contribution in [1.82, 2.24) is 5.32 Å². The molecule has 1 N–H and O–H groups in total. The number of rotatable bonds is 5. The maximum atomic E-state index is 5.20. The summed E-state index contributed by atoms with van der Waals surface area (Å²) >= 11 is 0. The van der Waals surface area contributed by atoms with Crippen molar-refractivity contribution in [2.24, 2.45) is 9.98 Å². The second-order valence-corrected chi connectivity index (χ2v) is 17.3. The summed E-state index contributed by atoms with van der Waals surface area (Å²) in [7, 11) is 0. The molecule has 2 aliphatic carbocycles. The molecule has 3 heteroatoms. The summed E-state index contributed by atoms with van der Waals surface area (Å²) in [6, 6.07) is 77.5. The molecule has 0 saturated heterocycles. The SMILES string of the molecule is CC1(C)c2ccccc2C2(c3ccccc3-c3cc(-c4cccc5cccc(-c6cccc(C7=NC(c8ccccc8)NC(c8ccccc8)=N7)c6)c45)ccc32)c2ccccc21. The van der Waals surface area contributed by atoms with Gasteiger partial charge in [0.05, 0.1) is 5.41 Å². The molecule has 0 radical (unpaired) electrons. The Labute approximate surface area is 362 Å². The van der Waals surface area contributed by atoms with Crippen LogP contribution in [0.3, 0.4) is 0 Å². The molecule has 0 bridgehead atoms. The van der Waals surface area contributed by atoms with Gasteiger partial charge in [0.25, 0.3) is 0 Å². The summed E-state index contributed by atoms with van der Waals surface area (Å²) in [6.07, 6.45) is -0.266. The lowest BCUT2D eigenvalue weighted by Gasteiger charge is -2.46. The topological polar surface area (TPSA) is 36.8 Å². The molecule has 12 rings (SSSR count). The van der Waals surface area contributed by atoms with Gasteiger partial charge in [-0.05, 0) is 95.2 Å². The van der Waals surface area contributed by atoms with Crippen LogP contribution in [-0.2, 0) is 10.8 Å². The number of benzene rings is 9. The average Bonchev–Trinajstić information content (AvgIpc) is 3.63. The smallest absolute Gasteiger partial charge is 0.159 e. The number of fused-ring (bicyclic) bond motifs is 10. The predicted octanol–water partition coefficient (Wildman–Crippen LogP) is 13.7. The molecule has 0 amide bonds. The molecule has 0 saturated carbocycles. The number of nitrogens with zero attached hydrogens (tertiary/aromatic N) is 2. The molecule has 0 fully saturated rings. The summed E-state index contributed by atoms with van der Waals surface area (Å²) in [5.41, 5.74) is 18.1. The van der Waals surface area contributed by atoms with E-state index in [1.807, 2.05) is 24.3 Å². The first-order valence-electron chi connectivity index (χ1n) is 21.6. The molecule has 9 aromatic rings. The van der Waals surface area contributed by atoms with Crippen molar-refractivity contribution in [1.29, 1.82) is 0 Å². The Kier molecular flexibility index (Phi) is 8.17. The molecule has 3 nitrogen and oxygen atoms in total. The molecule has 1 heterocycles. The molecule has 1 unspecified atom stereocenters. The van der Waals surface area contributed by atoms with Gasteiger partial charge in [-0.25, -0.2) is 9.98 Å². The van der Waals surface area contributed by atoms with Gasteiger partial charge in [-0.2, -0.15) is 0 Å². The van der Waals surface area contributed by atoms with Crippen molar-refractivity contribution in [3.05, 3.63) is 262 Å². The Morgan fingerprint density at radius 3 is 1.61 bits per heavy atom. The molecule has 0 aromatic heterocycles. The monoisotopic (exact) mass is 793 g/mol. The highest BCUT2D eigenvalue weighted by atomic mass is 15.2. The Bertz CT molecular complexity index is 3250. The molecule has 1 spiro atoms. The van der Waals surface area contributed by atoms with Gasteiger partial charge in [-0.3, -0.25) is 0 Å². The number of nitrogens with one attached hydrogen (secondary N) is 1. The zero-order chi connectivity index (χ0) is 41.4. The molecule has 1 aliphatic heterocycles. The van der Waals surface area contributed by atoms with Gasteiger partial charge < -0.3 is 5.32 Å². The van der Waals surface area contributed by atoms with Crippen LogP contribution < -0.4 is 5.32 Å². The minimum atomic E-state index is -0.419. The average molecular weight is 794 g/mol. The summed E-state index contributed by atoms with van der Waals surface area (Å²) in [5, 5.41) is 6.03. The first-order valence-corrected chi connectivity index (χ1v) is 21.6. The molecule has 294 valence electrons. The summed E-state index contributed by atoms with van der Waals surface area (Å²) < 4.78 is 0. The van der Waals surface area contributed by atoms with Crippen molar-refractivity contribution in [3.8, 4) is 33.4 Å². The van der Waals surface area contributed by atoms with E-state index in [9.17, 15) is 0 Å². The van der Waals surface area contributed by atoms with E-state index >= 15 is 0 Å². The molecule has 9 aromatic carbocycles. The van der Waals surface area contributed by atoms with Crippen LogP contribution in [0.5, 0.6) is 0 Å². The maximum absolute atomic E-state index is 5.20. The van der Waals surface area contributed by atoms with Crippen LogP contribution in [0.4, 0.5) is 0 Å². The molecule has 3 aliphatic rings. The van der Waals surface area contributed by atoms with Crippen molar-refractivity contribution < 1.29 is 0 Å². The van der Waals surface area contributed by atoms with E-state index in [4.69, 9.17) is 9.98 Å². The highest BCUT2D eigenvalue weighted by Gasteiger charge is 2.53. The highest BCUT2D eigenvalue weighted by Crippen LogP contribution is 2.62. The predicted molar refractivity (Wildman–Crippen MR) is 256 cm³/mol. The van der Waals surface area contributed by atoms with Crippen LogP contribution in [0, 0.1) is 0 Å². The van der Waals surface area contributed by atoms with Crippen LogP contribution in [0.1, 0.15) is 70.1 Å². The van der Waals surface area contributed by atoms with Crippen molar-refractivity contribution in [2.75, 3.05) is 0 Å². The lowest BCUT2D eigenvalue weighted by atomic mass is 9.55. The third-order valence-electron chi connectivity index (χ3n) is 13.6. The van der Waals surface area contributed by atoms with E-state index in [0.717, 1.165) is 28.1 Å². The van der Waals surface area contributed by atoms with Crippen LogP contribution in [0.2, 0.25) is 0 Å². The highest BCUT2D eigenvalue weighted by molar-refractivity contribution is 6.14. The fourth-order valence-electron chi connectivity index (χ4n) is 10.8. The Morgan fingerprint density at radius 1 is 0.403 bits per heavy atom. The van der Waals surface area contributed by atoms with Crippen LogP contribution >= 0.6 is 0 Å². The largest absolute Gasteiger partial charge is 0.344 e. The van der Waals surface area contributed by atoms with Crippen molar-refractivity contribution in [3.63, 3.8) is 0 Å². The minimum absolute atomic E-state index is 0.132. The van der Waals surface area contributed by atoms with Crippen LogP contribution in [-0.4, -0.2) is 11.7 Å². The van der Waals surface area contributed by atoms with E-state index in [2.05, 4.69) is 207 Å². The van der Waals surface area contributed by atoms with E-state index in [-0.39, 0.29) is 11.6 Å². The maximum Gasteiger partial charge on any atom is 0.159 e. The molecule has 1 atom stereocenters. The van der Waals surface area contributed by atoms with Gasteiger partial charge in [-0.15, -0.1) is 0 Å². The zero-order valence-corrected chi connectivity index (χ0v) is 34.7. The first kappa shape index (κ1) is 36.2. The van der Waals surface area contributed by atoms with Crippen LogP contribution in [0.25, 0.3) is 44.2 Å². The van der Waals surface area contributed by atoms with Crippen molar-refractivity contribution in [2.45, 2.75) is 30.8 Å². The third kappa shape index (κ3) is 5.38. The summed E-state index contributed by atoms with van der Waals surface area (Å²) in [4.78, 5) is 10.3. The number of hydrogen-bond acceptors (Lipinski definition) is 3. The van der Waals surface area contributed by atoms with E-state index in [0.29, 0.717) is 5.84 Å². The van der Waals surface area contributed by atoms with Gasteiger partial charge in [0.2, 0.25) is 0 Å². The fraction of sp³-hybridized carbons (Fsp3) is 0.0847. The van der Waals surface area contributed by atoms with Crippen LogP contribution in [0.15, 0.2) is 222 Å². The fourth-order valence-corrected chi connectivity index (χ4v) is 10.8. The van der Waals surface area contributed by atoms with Gasteiger partial charge in [0.1, 0.15) is 12.0 Å². The lowest BCUT2D eigenvalue weighted by molar-refractivity contribution is 0.563.